The molecule has 0 spiro atoms. The van der Waals surface area contributed by atoms with Crippen LogP contribution in [0.3, 0.4) is 0 Å². The van der Waals surface area contributed by atoms with Crippen molar-refractivity contribution < 1.29 is 4.79 Å². The average Bonchev–Trinajstić information content (AvgIpc) is 2.15. The summed E-state index contributed by atoms with van der Waals surface area (Å²) in [7, 11) is 1.73. The molecule has 0 saturated carbocycles. The molecule has 2 nitrogen and oxygen atoms in total. The van der Waals surface area contributed by atoms with Gasteiger partial charge in [-0.1, -0.05) is 23.2 Å². The third kappa shape index (κ3) is 2.40. The second kappa shape index (κ2) is 4.67. The van der Waals surface area contributed by atoms with E-state index >= 15 is 0 Å². The molecule has 0 aromatic heterocycles. The van der Waals surface area contributed by atoms with Crippen molar-refractivity contribution in [1.29, 1.82) is 0 Å². The number of carbonyl (C=O) groups is 1. The Kier molecular flexibility index (Phi) is 3.78. The summed E-state index contributed by atoms with van der Waals surface area (Å²) >= 11 is 11.6. The van der Waals surface area contributed by atoms with Crippen LogP contribution in [0.15, 0.2) is 18.2 Å². The molecule has 76 valence electrons. The predicted octanol–water partition coefficient (Wildman–Crippen LogP) is 3.09. The van der Waals surface area contributed by atoms with E-state index in [1.165, 1.54) is 0 Å². The lowest BCUT2D eigenvalue weighted by Gasteiger charge is -2.15. The average molecular weight is 232 g/mol. The van der Waals surface area contributed by atoms with Gasteiger partial charge in [-0.2, -0.15) is 0 Å². The molecule has 0 aliphatic heterocycles. The first-order valence-electron chi connectivity index (χ1n) is 4.26. The van der Waals surface area contributed by atoms with Crippen molar-refractivity contribution in [3.8, 4) is 0 Å². The van der Waals surface area contributed by atoms with Crippen LogP contribution in [0, 0.1) is 0 Å². The van der Waals surface area contributed by atoms with Crippen LogP contribution in [0.5, 0.6) is 0 Å². The summed E-state index contributed by atoms with van der Waals surface area (Å²) in [6, 6.07) is 4.86. The summed E-state index contributed by atoms with van der Waals surface area (Å²) in [6.45, 7) is 2.56. The van der Waals surface area contributed by atoms with E-state index in [9.17, 15) is 4.79 Å². The largest absolute Gasteiger partial charge is 0.342 e. The van der Waals surface area contributed by atoms with E-state index in [-0.39, 0.29) is 5.91 Å². The first kappa shape index (κ1) is 11.3. The second-order valence-electron chi connectivity index (χ2n) is 2.94. The van der Waals surface area contributed by atoms with E-state index in [0.717, 1.165) is 0 Å². The molecule has 0 unspecified atom stereocenters. The zero-order valence-corrected chi connectivity index (χ0v) is 9.56. The van der Waals surface area contributed by atoms with Gasteiger partial charge in [-0.05, 0) is 25.1 Å². The molecule has 1 aromatic rings. The number of halogens is 2. The zero-order chi connectivity index (χ0) is 10.7. The van der Waals surface area contributed by atoms with Gasteiger partial charge in [-0.25, -0.2) is 0 Å². The quantitative estimate of drug-likeness (QED) is 0.767. The van der Waals surface area contributed by atoms with Gasteiger partial charge in [0.15, 0.2) is 0 Å². The van der Waals surface area contributed by atoms with Gasteiger partial charge in [0.1, 0.15) is 0 Å². The van der Waals surface area contributed by atoms with Crippen LogP contribution in [-0.2, 0) is 0 Å². The summed E-state index contributed by atoms with van der Waals surface area (Å²) in [4.78, 5) is 13.3. The van der Waals surface area contributed by atoms with Crippen LogP contribution >= 0.6 is 23.2 Å². The van der Waals surface area contributed by atoms with Gasteiger partial charge < -0.3 is 4.90 Å². The van der Waals surface area contributed by atoms with Crippen LogP contribution < -0.4 is 0 Å². The number of amides is 1. The molecular weight excluding hydrogens is 221 g/mol. The van der Waals surface area contributed by atoms with E-state index in [4.69, 9.17) is 23.2 Å². The fourth-order valence-corrected chi connectivity index (χ4v) is 1.50. The van der Waals surface area contributed by atoms with Crippen molar-refractivity contribution >= 4 is 29.1 Å². The Bertz CT molecular complexity index is 352. The number of hydrogen-bond acceptors (Lipinski definition) is 1. The molecule has 0 saturated heterocycles. The van der Waals surface area contributed by atoms with Crippen molar-refractivity contribution in [3.05, 3.63) is 33.8 Å². The van der Waals surface area contributed by atoms with Crippen molar-refractivity contribution in [1.82, 2.24) is 4.90 Å². The molecule has 0 radical (unpaired) electrons. The number of hydrogen-bond donors (Lipinski definition) is 0. The van der Waals surface area contributed by atoms with Crippen LogP contribution in [0.1, 0.15) is 17.3 Å². The van der Waals surface area contributed by atoms with Crippen LogP contribution in [0.4, 0.5) is 0 Å². The van der Waals surface area contributed by atoms with Gasteiger partial charge in [0.05, 0.1) is 10.6 Å². The molecule has 0 aliphatic rings. The molecule has 0 heterocycles. The van der Waals surface area contributed by atoms with E-state index in [1.807, 2.05) is 6.92 Å². The fraction of sp³-hybridized carbons (Fsp3) is 0.300. The number of rotatable bonds is 2. The highest BCUT2D eigenvalue weighted by atomic mass is 35.5. The SMILES string of the molecule is CCN(C)C(=O)c1ccc(Cl)cc1Cl. The Hall–Kier alpha value is -0.730. The Morgan fingerprint density at radius 1 is 1.43 bits per heavy atom. The predicted molar refractivity (Wildman–Crippen MR) is 59.1 cm³/mol. The molecule has 4 heteroatoms. The van der Waals surface area contributed by atoms with Crippen molar-refractivity contribution in [2.24, 2.45) is 0 Å². The molecule has 1 amide bonds. The standard InChI is InChI=1S/C10H11Cl2NO/c1-3-13(2)10(14)8-5-4-7(11)6-9(8)12/h4-6H,3H2,1-2H3. The summed E-state index contributed by atoms with van der Waals surface area (Å²) in [5, 5.41) is 0.925. The highest BCUT2D eigenvalue weighted by Crippen LogP contribution is 2.21. The van der Waals surface area contributed by atoms with Gasteiger partial charge >= 0.3 is 0 Å². The van der Waals surface area contributed by atoms with Gasteiger partial charge in [0.25, 0.3) is 5.91 Å². The summed E-state index contributed by atoms with van der Waals surface area (Å²) in [5.74, 6) is -0.0887. The maximum Gasteiger partial charge on any atom is 0.255 e. The molecule has 0 atom stereocenters. The molecule has 0 bridgehead atoms. The molecule has 0 N–H and O–H groups in total. The van der Waals surface area contributed by atoms with E-state index in [0.29, 0.717) is 22.2 Å². The smallest absolute Gasteiger partial charge is 0.255 e. The molecular formula is C10H11Cl2NO. The van der Waals surface area contributed by atoms with E-state index in [2.05, 4.69) is 0 Å². The molecule has 1 rings (SSSR count). The molecule has 14 heavy (non-hydrogen) atoms. The maximum atomic E-state index is 11.7. The molecule has 0 fully saturated rings. The highest BCUT2D eigenvalue weighted by molar-refractivity contribution is 6.36. The minimum absolute atomic E-state index is 0.0887. The number of benzene rings is 1. The minimum Gasteiger partial charge on any atom is -0.342 e. The van der Waals surface area contributed by atoms with Crippen molar-refractivity contribution in [3.63, 3.8) is 0 Å². The number of carbonyl (C=O) groups excluding carboxylic acids is 1. The molecule has 0 aliphatic carbocycles. The van der Waals surface area contributed by atoms with Gasteiger partial charge in [0.2, 0.25) is 0 Å². The van der Waals surface area contributed by atoms with E-state index in [1.54, 1.807) is 30.1 Å². The second-order valence-corrected chi connectivity index (χ2v) is 3.79. The van der Waals surface area contributed by atoms with Gasteiger partial charge in [-0.15, -0.1) is 0 Å². The third-order valence-corrected chi connectivity index (χ3v) is 2.53. The molecule has 1 aromatic carbocycles. The summed E-state index contributed by atoms with van der Waals surface area (Å²) < 4.78 is 0. The monoisotopic (exact) mass is 231 g/mol. The number of nitrogens with zero attached hydrogens (tertiary/aromatic N) is 1. The normalized spacial score (nSPS) is 10.0. The lowest BCUT2D eigenvalue weighted by molar-refractivity contribution is 0.0802. The lowest BCUT2D eigenvalue weighted by atomic mass is 10.2. The third-order valence-electron chi connectivity index (χ3n) is 1.98. The Labute approximate surface area is 93.4 Å². The Morgan fingerprint density at radius 2 is 2.07 bits per heavy atom. The van der Waals surface area contributed by atoms with Crippen molar-refractivity contribution in [2.75, 3.05) is 13.6 Å². The first-order chi connectivity index (χ1) is 6.56. The van der Waals surface area contributed by atoms with Crippen LogP contribution in [0.25, 0.3) is 0 Å². The summed E-state index contributed by atoms with van der Waals surface area (Å²) in [6.07, 6.45) is 0. The topological polar surface area (TPSA) is 20.3 Å². The van der Waals surface area contributed by atoms with Crippen LogP contribution in [0.2, 0.25) is 10.0 Å². The lowest BCUT2D eigenvalue weighted by Crippen LogP contribution is -2.26. The zero-order valence-electron chi connectivity index (χ0n) is 8.05. The maximum absolute atomic E-state index is 11.7. The van der Waals surface area contributed by atoms with Gasteiger partial charge in [-0.3, -0.25) is 4.79 Å². The van der Waals surface area contributed by atoms with E-state index < -0.39 is 0 Å². The minimum atomic E-state index is -0.0887. The summed E-state index contributed by atoms with van der Waals surface area (Å²) in [5.41, 5.74) is 0.486. The Balaban J connectivity index is 3.02. The van der Waals surface area contributed by atoms with Gasteiger partial charge in [0, 0.05) is 18.6 Å². The highest BCUT2D eigenvalue weighted by Gasteiger charge is 2.13. The van der Waals surface area contributed by atoms with Crippen LogP contribution in [-0.4, -0.2) is 24.4 Å². The Morgan fingerprint density at radius 3 is 2.57 bits per heavy atom. The fourth-order valence-electron chi connectivity index (χ4n) is 1.01. The first-order valence-corrected chi connectivity index (χ1v) is 5.02. The van der Waals surface area contributed by atoms with Crippen molar-refractivity contribution in [2.45, 2.75) is 6.92 Å².